The first-order chi connectivity index (χ1) is 8.74. The first kappa shape index (κ1) is 12.4. The van der Waals surface area contributed by atoms with Crippen LogP contribution in [0.5, 0.6) is 0 Å². The highest BCUT2D eigenvalue weighted by atomic mass is 16.3. The molecule has 2 rings (SSSR count). The molecule has 1 aliphatic heterocycles. The number of carbonyl (C=O) groups excluding carboxylic acids is 1. The van der Waals surface area contributed by atoms with Gasteiger partial charge in [-0.05, 0) is 31.0 Å². The fraction of sp³-hybridized carbons (Fsp3) is 0.385. The Balaban J connectivity index is 2.04. The fourth-order valence-electron chi connectivity index (χ4n) is 2.15. The van der Waals surface area contributed by atoms with Crippen LogP contribution >= 0.6 is 0 Å². The normalized spacial score (nSPS) is 18.4. The van der Waals surface area contributed by atoms with Crippen molar-refractivity contribution in [3.05, 3.63) is 29.8 Å². The molecule has 5 nitrogen and oxygen atoms in total. The molecule has 0 radical (unpaired) electrons. The molecule has 0 bridgehead atoms. The molecule has 1 aromatic carbocycles. The van der Waals surface area contributed by atoms with Gasteiger partial charge in [0.2, 0.25) is 0 Å². The van der Waals surface area contributed by atoms with E-state index in [1.807, 2.05) is 6.07 Å². The maximum atomic E-state index is 12.0. The first-order valence-electron chi connectivity index (χ1n) is 5.93. The topological polar surface area (TPSA) is 76.4 Å². The van der Waals surface area contributed by atoms with Gasteiger partial charge in [-0.15, -0.1) is 0 Å². The number of hydrogen-bond acceptors (Lipinski definition) is 3. The average Bonchev–Trinajstić information content (AvgIpc) is 2.87. The Morgan fingerprint density at radius 2 is 2.44 bits per heavy atom. The lowest BCUT2D eigenvalue weighted by Gasteiger charge is -2.23. The first-order valence-corrected chi connectivity index (χ1v) is 5.93. The molecule has 1 aromatic rings. The van der Waals surface area contributed by atoms with Gasteiger partial charge in [-0.25, -0.2) is 4.79 Å². The van der Waals surface area contributed by atoms with Crippen molar-refractivity contribution in [3.63, 3.8) is 0 Å². The second-order valence-electron chi connectivity index (χ2n) is 4.29. The summed E-state index contributed by atoms with van der Waals surface area (Å²) in [4.78, 5) is 13.6. The molecule has 0 aliphatic carbocycles. The molecule has 94 valence electrons. The number of nitrogens with one attached hydrogen (secondary N) is 1. The Morgan fingerprint density at radius 1 is 1.61 bits per heavy atom. The predicted molar refractivity (Wildman–Crippen MR) is 67.0 cm³/mol. The van der Waals surface area contributed by atoms with Crippen LogP contribution < -0.4 is 5.32 Å². The highest BCUT2D eigenvalue weighted by molar-refractivity contribution is 5.89. The van der Waals surface area contributed by atoms with Crippen LogP contribution in [0.3, 0.4) is 0 Å². The largest absolute Gasteiger partial charge is 0.394 e. The minimum atomic E-state index is -0.221. The van der Waals surface area contributed by atoms with E-state index in [4.69, 9.17) is 10.4 Å². The van der Waals surface area contributed by atoms with Crippen LogP contribution in [0.2, 0.25) is 0 Å². The lowest BCUT2D eigenvalue weighted by Crippen LogP contribution is -2.40. The van der Waals surface area contributed by atoms with Crippen molar-refractivity contribution in [2.45, 2.75) is 18.9 Å². The molecular formula is C13H15N3O2. The second kappa shape index (κ2) is 5.52. The summed E-state index contributed by atoms with van der Waals surface area (Å²) in [5.41, 5.74) is 1.11. The van der Waals surface area contributed by atoms with E-state index < -0.39 is 0 Å². The average molecular weight is 245 g/mol. The maximum absolute atomic E-state index is 12.0. The zero-order valence-electron chi connectivity index (χ0n) is 9.97. The number of urea groups is 1. The molecule has 5 heteroatoms. The monoisotopic (exact) mass is 245 g/mol. The van der Waals surface area contributed by atoms with Gasteiger partial charge >= 0.3 is 6.03 Å². The summed E-state index contributed by atoms with van der Waals surface area (Å²) >= 11 is 0. The number of aliphatic hydroxyl groups is 1. The third-order valence-corrected chi connectivity index (χ3v) is 3.09. The molecule has 1 atom stereocenters. The summed E-state index contributed by atoms with van der Waals surface area (Å²) in [5, 5.41) is 20.7. The van der Waals surface area contributed by atoms with E-state index in [-0.39, 0.29) is 18.7 Å². The molecule has 1 fully saturated rings. The Kier molecular flexibility index (Phi) is 3.80. The Hall–Kier alpha value is -2.06. The van der Waals surface area contributed by atoms with Crippen LogP contribution in [0.4, 0.5) is 10.5 Å². The lowest BCUT2D eigenvalue weighted by atomic mass is 10.2. The number of aliphatic hydroxyl groups excluding tert-OH is 1. The van der Waals surface area contributed by atoms with Crippen LogP contribution in [0.25, 0.3) is 0 Å². The minimum absolute atomic E-state index is 0.00828. The SMILES string of the molecule is N#Cc1cccc(NC(=O)N2CCCC2CO)c1. The van der Waals surface area contributed by atoms with Crippen molar-refractivity contribution < 1.29 is 9.90 Å². The van der Waals surface area contributed by atoms with Gasteiger partial charge < -0.3 is 15.3 Å². The van der Waals surface area contributed by atoms with E-state index in [1.165, 1.54) is 0 Å². The molecule has 2 amide bonds. The summed E-state index contributed by atoms with van der Waals surface area (Å²) in [6.45, 7) is 0.653. The van der Waals surface area contributed by atoms with Crippen LogP contribution in [0.15, 0.2) is 24.3 Å². The Morgan fingerprint density at radius 3 is 3.17 bits per heavy atom. The van der Waals surface area contributed by atoms with E-state index in [0.29, 0.717) is 17.8 Å². The number of carbonyl (C=O) groups is 1. The molecule has 18 heavy (non-hydrogen) atoms. The number of likely N-dealkylation sites (tertiary alicyclic amines) is 1. The Labute approximate surface area is 106 Å². The van der Waals surface area contributed by atoms with Crippen LogP contribution in [0.1, 0.15) is 18.4 Å². The fourth-order valence-corrected chi connectivity index (χ4v) is 2.15. The van der Waals surface area contributed by atoms with E-state index in [1.54, 1.807) is 29.2 Å². The van der Waals surface area contributed by atoms with Crippen LogP contribution in [-0.4, -0.2) is 35.2 Å². The molecule has 0 spiro atoms. The van der Waals surface area contributed by atoms with Crippen LogP contribution in [-0.2, 0) is 0 Å². The summed E-state index contributed by atoms with van der Waals surface area (Å²) < 4.78 is 0. The highest BCUT2D eigenvalue weighted by Gasteiger charge is 2.27. The van der Waals surface area contributed by atoms with Crippen molar-refractivity contribution in [2.75, 3.05) is 18.5 Å². The Bertz CT molecular complexity index is 481. The highest BCUT2D eigenvalue weighted by Crippen LogP contribution is 2.18. The van der Waals surface area contributed by atoms with Gasteiger partial charge in [0.15, 0.2) is 0 Å². The zero-order valence-corrected chi connectivity index (χ0v) is 9.97. The van der Waals surface area contributed by atoms with E-state index in [9.17, 15) is 4.79 Å². The predicted octanol–water partition coefficient (Wildman–Crippen LogP) is 1.55. The van der Waals surface area contributed by atoms with Crippen LogP contribution in [0, 0.1) is 11.3 Å². The lowest BCUT2D eigenvalue weighted by molar-refractivity contribution is 0.166. The molecule has 1 heterocycles. The smallest absolute Gasteiger partial charge is 0.322 e. The number of hydrogen-bond donors (Lipinski definition) is 2. The van der Waals surface area contributed by atoms with Crippen molar-refractivity contribution >= 4 is 11.7 Å². The van der Waals surface area contributed by atoms with E-state index >= 15 is 0 Å². The third kappa shape index (κ3) is 2.60. The molecule has 2 N–H and O–H groups in total. The second-order valence-corrected chi connectivity index (χ2v) is 4.29. The quantitative estimate of drug-likeness (QED) is 0.829. The molecule has 0 saturated carbocycles. The van der Waals surface area contributed by atoms with Gasteiger partial charge in [0.25, 0.3) is 0 Å². The number of amides is 2. The van der Waals surface area contributed by atoms with Crippen molar-refractivity contribution in [3.8, 4) is 6.07 Å². The van der Waals surface area contributed by atoms with Crippen molar-refractivity contribution in [2.24, 2.45) is 0 Å². The van der Waals surface area contributed by atoms with Gasteiger partial charge in [-0.3, -0.25) is 0 Å². The number of nitrogens with zero attached hydrogens (tertiary/aromatic N) is 2. The molecule has 0 aromatic heterocycles. The van der Waals surface area contributed by atoms with Gasteiger partial charge in [0.05, 0.1) is 24.3 Å². The van der Waals surface area contributed by atoms with E-state index in [2.05, 4.69) is 5.32 Å². The standard InChI is InChI=1S/C13H15N3O2/c14-8-10-3-1-4-11(7-10)15-13(18)16-6-2-5-12(16)9-17/h1,3-4,7,12,17H,2,5-6,9H2,(H,15,18). The van der Waals surface area contributed by atoms with E-state index in [0.717, 1.165) is 12.8 Å². The van der Waals surface area contributed by atoms with Crippen molar-refractivity contribution in [1.29, 1.82) is 5.26 Å². The molecular weight excluding hydrogens is 230 g/mol. The minimum Gasteiger partial charge on any atom is -0.394 e. The van der Waals surface area contributed by atoms with Gasteiger partial charge in [-0.2, -0.15) is 5.26 Å². The van der Waals surface area contributed by atoms with Crippen molar-refractivity contribution in [1.82, 2.24) is 4.90 Å². The summed E-state index contributed by atoms with van der Waals surface area (Å²) in [6, 6.07) is 8.48. The zero-order chi connectivity index (χ0) is 13.0. The number of rotatable bonds is 2. The van der Waals surface area contributed by atoms with Gasteiger partial charge in [0, 0.05) is 12.2 Å². The number of anilines is 1. The molecule has 1 saturated heterocycles. The number of benzene rings is 1. The van der Waals surface area contributed by atoms with Gasteiger partial charge in [-0.1, -0.05) is 6.07 Å². The summed E-state index contributed by atoms with van der Waals surface area (Å²) in [5.74, 6) is 0. The number of nitriles is 1. The molecule has 1 unspecified atom stereocenters. The maximum Gasteiger partial charge on any atom is 0.322 e. The summed E-state index contributed by atoms with van der Waals surface area (Å²) in [7, 11) is 0. The van der Waals surface area contributed by atoms with Gasteiger partial charge in [0.1, 0.15) is 0 Å². The third-order valence-electron chi connectivity index (χ3n) is 3.09. The molecule has 1 aliphatic rings. The summed E-state index contributed by atoms with van der Waals surface area (Å²) in [6.07, 6.45) is 1.75.